The Morgan fingerprint density at radius 3 is 2.32 bits per heavy atom. The largest absolute Gasteiger partial charge is 0.391 e. The number of halogens is 3. The molecule has 122 valence electrons. The Morgan fingerprint density at radius 2 is 1.77 bits per heavy atom. The third kappa shape index (κ3) is 4.75. The minimum Gasteiger partial charge on any atom is -0.343 e. The van der Waals surface area contributed by atoms with Crippen LogP contribution in [-0.2, 0) is 11.2 Å². The zero-order valence-corrected chi connectivity index (χ0v) is 12.8. The summed E-state index contributed by atoms with van der Waals surface area (Å²) in [5, 5.41) is 0. The third-order valence-corrected chi connectivity index (χ3v) is 4.29. The quantitative estimate of drug-likeness (QED) is 0.819. The van der Waals surface area contributed by atoms with Crippen LogP contribution in [0.1, 0.15) is 36.8 Å². The van der Waals surface area contributed by atoms with Gasteiger partial charge in [0.15, 0.2) is 0 Å². The number of nitrogens with zero attached hydrogens (tertiary/aromatic N) is 1. The lowest BCUT2D eigenvalue weighted by molar-refractivity contribution is -0.186. The van der Waals surface area contributed by atoms with E-state index >= 15 is 0 Å². The molecule has 0 saturated carbocycles. The molecule has 0 bridgehead atoms. The maximum absolute atomic E-state index is 12.6. The summed E-state index contributed by atoms with van der Waals surface area (Å²) in [5.74, 6) is -1.27. The molecular weight excluding hydrogens is 291 g/mol. The molecule has 0 aliphatic carbocycles. The topological polar surface area (TPSA) is 20.3 Å². The van der Waals surface area contributed by atoms with Gasteiger partial charge >= 0.3 is 6.18 Å². The second-order valence-corrected chi connectivity index (χ2v) is 6.04. The Balaban J connectivity index is 1.71. The first kappa shape index (κ1) is 16.8. The normalized spacial score (nSPS) is 16.8. The summed E-state index contributed by atoms with van der Waals surface area (Å²) in [4.78, 5) is 13.6. The highest BCUT2D eigenvalue weighted by molar-refractivity contribution is 5.76. The number of amides is 1. The molecular formula is C17H22F3NO. The maximum Gasteiger partial charge on any atom is 0.391 e. The van der Waals surface area contributed by atoms with Gasteiger partial charge in [-0.2, -0.15) is 13.2 Å². The molecule has 0 unspecified atom stereocenters. The molecule has 1 aromatic rings. The van der Waals surface area contributed by atoms with Gasteiger partial charge in [-0.15, -0.1) is 0 Å². The van der Waals surface area contributed by atoms with Crippen molar-refractivity contribution in [2.45, 2.75) is 45.2 Å². The SMILES string of the molecule is Cc1ccc(CCCC(=O)N2CCC(C(F)(F)F)CC2)cc1. The van der Waals surface area contributed by atoms with E-state index in [0.29, 0.717) is 6.42 Å². The van der Waals surface area contributed by atoms with Gasteiger partial charge in [0.1, 0.15) is 0 Å². The molecule has 0 atom stereocenters. The lowest BCUT2D eigenvalue weighted by atomic mass is 9.96. The number of aryl methyl sites for hydroxylation is 2. The highest BCUT2D eigenvalue weighted by atomic mass is 19.4. The second kappa shape index (κ2) is 7.16. The van der Waals surface area contributed by atoms with Crippen molar-refractivity contribution in [3.63, 3.8) is 0 Å². The fraction of sp³-hybridized carbons (Fsp3) is 0.588. The predicted molar refractivity (Wildman–Crippen MR) is 79.5 cm³/mol. The Morgan fingerprint density at radius 1 is 1.18 bits per heavy atom. The van der Waals surface area contributed by atoms with E-state index in [9.17, 15) is 18.0 Å². The fourth-order valence-electron chi connectivity index (χ4n) is 2.81. The average molecular weight is 313 g/mol. The van der Waals surface area contributed by atoms with Gasteiger partial charge in [0, 0.05) is 19.5 Å². The molecule has 1 saturated heterocycles. The minimum absolute atomic E-state index is 0.0206. The molecule has 1 heterocycles. The van der Waals surface area contributed by atoms with E-state index in [0.717, 1.165) is 12.8 Å². The number of hydrogen-bond acceptors (Lipinski definition) is 1. The smallest absolute Gasteiger partial charge is 0.343 e. The van der Waals surface area contributed by atoms with Crippen LogP contribution in [0.25, 0.3) is 0 Å². The number of likely N-dealkylation sites (tertiary alicyclic amines) is 1. The van der Waals surface area contributed by atoms with Crippen molar-refractivity contribution in [3.05, 3.63) is 35.4 Å². The van der Waals surface area contributed by atoms with Crippen LogP contribution in [0.5, 0.6) is 0 Å². The number of rotatable bonds is 4. The minimum atomic E-state index is -4.12. The van der Waals surface area contributed by atoms with Gasteiger partial charge < -0.3 is 4.90 Å². The van der Waals surface area contributed by atoms with Gasteiger partial charge in [0.2, 0.25) is 5.91 Å². The molecule has 2 rings (SSSR count). The summed E-state index contributed by atoms with van der Waals surface area (Å²) in [5.41, 5.74) is 2.39. The van der Waals surface area contributed by atoms with E-state index in [1.54, 1.807) is 4.90 Å². The van der Waals surface area contributed by atoms with Crippen molar-refractivity contribution in [3.8, 4) is 0 Å². The van der Waals surface area contributed by atoms with E-state index in [4.69, 9.17) is 0 Å². The van der Waals surface area contributed by atoms with E-state index in [2.05, 4.69) is 12.1 Å². The number of alkyl halides is 3. The van der Waals surface area contributed by atoms with Crippen molar-refractivity contribution in [1.82, 2.24) is 4.90 Å². The molecule has 5 heteroatoms. The van der Waals surface area contributed by atoms with Crippen LogP contribution < -0.4 is 0 Å². The third-order valence-electron chi connectivity index (χ3n) is 4.29. The van der Waals surface area contributed by atoms with Crippen LogP contribution in [-0.4, -0.2) is 30.1 Å². The van der Waals surface area contributed by atoms with Crippen LogP contribution in [0.15, 0.2) is 24.3 Å². The lowest BCUT2D eigenvalue weighted by Crippen LogP contribution is -2.42. The van der Waals surface area contributed by atoms with Crippen LogP contribution in [0.4, 0.5) is 13.2 Å². The molecule has 1 aliphatic heterocycles. The summed E-state index contributed by atoms with van der Waals surface area (Å²) in [7, 11) is 0. The standard InChI is InChI=1S/C17H22F3NO/c1-13-5-7-14(8-6-13)3-2-4-16(22)21-11-9-15(10-12-21)17(18,19)20/h5-8,15H,2-4,9-12H2,1H3. The highest BCUT2D eigenvalue weighted by Crippen LogP contribution is 2.34. The number of piperidine rings is 1. The number of carbonyl (C=O) groups is 1. The predicted octanol–water partition coefficient (Wildman–Crippen LogP) is 4.12. The van der Waals surface area contributed by atoms with Crippen LogP contribution in [0.3, 0.4) is 0 Å². The zero-order valence-electron chi connectivity index (χ0n) is 12.8. The van der Waals surface area contributed by atoms with Gasteiger partial charge in [-0.05, 0) is 38.2 Å². The highest BCUT2D eigenvalue weighted by Gasteiger charge is 2.41. The molecule has 1 amide bonds. The van der Waals surface area contributed by atoms with Gasteiger partial charge in [-0.25, -0.2) is 0 Å². The number of hydrogen-bond donors (Lipinski definition) is 0. The van der Waals surface area contributed by atoms with E-state index < -0.39 is 12.1 Å². The van der Waals surface area contributed by atoms with Gasteiger partial charge in [-0.3, -0.25) is 4.79 Å². The molecule has 1 aromatic carbocycles. The molecule has 1 fully saturated rings. The average Bonchev–Trinajstić information content (AvgIpc) is 2.48. The van der Waals surface area contributed by atoms with Gasteiger partial charge in [0.05, 0.1) is 5.92 Å². The summed E-state index contributed by atoms with van der Waals surface area (Å²) in [6, 6.07) is 8.18. The van der Waals surface area contributed by atoms with E-state index in [-0.39, 0.29) is 31.8 Å². The number of benzene rings is 1. The monoisotopic (exact) mass is 313 g/mol. The van der Waals surface area contributed by atoms with Crippen molar-refractivity contribution in [2.24, 2.45) is 5.92 Å². The fourth-order valence-corrected chi connectivity index (χ4v) is 2.81. The summed E-state index contributed by atoms with van der Waals surface area (Å²) >= 11 is 0. The lowest BCUT2D eigenvalue weighted by Gasteiger charge is -2.33. The van der Waals surface area contributed by atoms with E-state index in [1.165, 1.54) is 11.1 Å². The molecule has 0 N–H and O–H groups in total. The molecule has 2 nitrogen and oxygen atoms in total. The summed E-state index contributed by atoms with van der Waals surface area (Å²) < 4.78 is 37.8. The Hall–Kier alpha value is -1.52. The first-order valence-electron chi connectivity index (χ1n) is 7.76. The molecule has 0 spiro atoms. The van der Waals surface area contributed by atoms with Crippen LogP contribution >= 0.6 is 0 Å². The van der Waals surface area contributed by atoms with Crippen molar-refractivity contribution >= 4 is 5.91 Å². The Bertz CT molecular complexity index is 488. The zero-order chi connectivity index (χ0) is 16.2. The Kier molecular flexibility index (Phi) is 5.48. The molecule has 0 aromatic heterocycles. The number of carbonyl (C=O) groups excluding carboxylic acids is 1. The molecule has 22 heavy (non-hydrogen) atoms. The van der Waals surface area contributed by atoms with Crippen LogP contribution in [0.2, 0.25) is 0 Å². The summed E-state index contributed by atoms with van der Waals surface area (Å²) in [6.07, 6.45) is -2.09. The van der Waals surface area contributed by atoms with Crippen molar-refractivity contribution in [1.29, 1.82) is 0 Å². The van der Waals surface area contributed by atoms with Crippen molar-refractivity contribution in [2.75, 3.05) is 13.1 Å². The second-order valence-electron chi connectivity index (χ2n) is 6.04. The Labute approximate surface area is 129 Å². The summed E-state index contributed by atoms with van der Waals surface area (Å²) in [6.45, 7) is 2.49. The molecule has 0 radical (unpaired) electrons. The first-order chi connectivity index (χ1) is 10.4. The first-order valence-corrected chi connectivity index (χ1v) is 7.76. The van der Waals surface area contributed by atoms with Gasteiger partial charge in [-0.1, -0.05) is 29.8 Å². The van der Waals surface area contributed by atoms with E-state index in [1.807, 2.05) is 19.1 Å². The van der Waals surface area contributed by atoms with Crippen LogP contribution in [0, 0.1) is 12.8 Å². The maximum atomic E-state index is 12.6. The van der Waals surface area contributed by atoms with Gasteiger partial charge in [0.25, 0.3) is 0 Å². The molecule has 1 aliphatic rings. The van der Waals surface area contributed by atoms with Crippen molar-refractivity contribution < 1.29 is 18.0 Å².